The molecule has 1 atom stereocenters. The first-order valence-corrected chi connectivity index (χ1v) is 12.9. The number of rotatable bonds is 8. The van der Waals surface area contributed by atoms with Crippen molar-refractivity contribution in [1.82, 2.24) is 19.5 Å². The molecular weight excluding hydrogens is 489 g/mol. The fourth-order valence-electron chi connectivity index (χ4n) is 5.08. The molecule has 1 saturated carbocycles. The van der Waals surface area contributed by atoms with E-state index in [2.05, 4.69) is 28.3 Å². The Morgan fingerprint density at radius 3 is 2.47 bits per heavy atom. The monoisotopic (exact) mass is 518 g/mol. The van der Waals surface area contributed by atoms with Crippen molar-refractivity contribution in [2.75, 3.05) is 5.32 Å². The Balaban J connectivity index is 1.66. The highest BCUT2D eigenvalue weighted by atomic mass is 19.4. The number of alkyl halides is 3. The minimum absolute atomic E-state index is 0.0267. The molecule has 9 heteroatoms. The number of imidazole rings is 1. The lowest BCUT2D eigenvalue weighted by Gasteiger charge is -2.34. The lowest BCUT2D eigenvalue weighted by atomic mass is 9.78. The van der Waals surface area contributed by atoms with Crippen LogP contribution in [0.5, 0.6) is 0 Å². The van der Waals surface area contributed by atoms with Gasteiger partial charge in [-0.2, -0.15) is 28.4 Å². The Kier molecular flexibility index (Phi) is 7.06. The molecule has 1 aliphatic rings. The summed E-state index contributed by atoms with van der Waals surface area (Å²) in [5, 5.41) is 13.3. The molecule has 0 amide bonds. The van der Waals surface area contributed by atoms with E-state index in [1.165, 1.54) is 18.6 Å². The van der Waals surface area contributed by atoms with E-state index in [9.17, 15) is 18.4 Å². The summed E-state index contributed by atoms with van der Waals surface area (Å²) < 4.78 is 41.5. The summed E-state index contributed by atoms with van der Waals surface area (Å²) in [6.07, 6.45) is 1.08. The van der Waals surface area contributed by atoms with Gasteiger partial charge < -0.3 is 9.88 Å². The molecule has 4 aromatic rings. The van der Waals surface area contributed by atoms with Crippen LogP contribution in [-0.2, 0) is 12.7 Å². The van der Waals surface area contributed by atoms with Crippen molar-refractivity contribution in [3.05, 3.63) is 71.0 Å². The molecule has 0 aliphatic heterocycles. The lowest BCUT2D eigenvalue weighted by molar-refractivity contribution is -0.137. The molecule has 0 saturated heterocycles. The third kappa shape index (κ3) is 5.21. The predicted octanol–water partition coefficient (Wildman–Crippen LogP) is 7.12. The largest absolute Gasteiger partial charge is 0.416 e. The van der Waals surface area contributed by atoms with Gasteiger partial charge in [0.1, 0.15) is 17.4 Å². The van der Waals surface area contributed by atoms with Crippen LogP contribution in [0.2, 0.25) is 0 Å². The van der Waals surface area contributed by atoms with E-state index in [0.717, 1.165) is 48.9 Å². The molecule has 38 heavy (non-hydrogen) atoms. The van der Waals surface area contributed by atoms with E-state index in [1.807, 2.05) is 35.8 Å². The third-order valence-corrected chi connectivity index (χ3v) is 7.24. The fraction of sp³-hybridized carbons (Fsp3) is 0.379. The minimum Gasteiger partial charge on any atom is -0.365 e. The number of benzene rings is 2. The Hall–Kier alpha value is -3.93. The fourth-order valence-corrected chi connectivity index (χ4v) is 5.08. The SMILES string of the molecule is CCCC(Nc1nc(C#N)nc2nc(-c3cccc(C)c3)n(Cc3ccc(C(F)(F)F)cc3)c12)C1CCC1. The summed E-state index contributed by atoms with van der Waals surface area (Å²) in [5.74, 6) is 1.72. The van der Waals surface area contributed by atoms with Gasteiger partial charge in [0.25, 0.3) is 0 Å². The van der Waals surface area contributed by atoms with Gasteiger partial charge in [-0.15, -0.1) is 0 Å². The number of fused-ring (bicyclic) bond motifs is 1. The van der Waals surface area contributed by atoms with Crippen LogP contribution in [0.3, 0.4) is 0 Å². The lowest BCUT2D eigenvalue weighted by Crippen LogP contribution is -2.34. The number of anilines is 1. The van der Waals surface area contributed by atoms with E-state index >= 15 is 0 Å². The van der Waals surface area contributed by atoms with Crippen LogP contribution in [0.1, 0.15) is 61.5 Å². The molecule has 2 heterocycles. The quantitative estimate of drug-likeness (QED) is 0.269. The number of nitriles is 1. The molecule has 1 N–H and O–H groups in total. The van der Waals surface area contributed by atoms with Gasteiger partial charge in [0.05, 0.1) is 5.56 Å². The standard InChI is InChI=1S/C29H29F3N6/c1-3-6-23(20-8-5-9-20)34-26-25-27(36-24(16-33)35-26)37-28(21-10-4-7-18(2)15-21)38(25)17-19-11-13-22(14-12-19)29(30,31)32/h4,7,10-15,20,23H,3,5-6,8-9,17H2,1-2H3,(H,34,35,36). The highest BCUT2D eigenvalue weighted by molar-refractivity contribution is 5.87. The van der Waals surface area contributed by atoms with Crippen molar-refractivity contribution < 1.29 is 13.2 Å². The third-order valence-electron chi connectivity index (χ3n) is 7.24. The number of aryl methyl sites for hydroxylation is 1. The maximum absolute atomic E-state index is 13.2. The van der Waals surface area contributed by atoms with Gasteiger partial charge >= 0.3 is 6.18 Å². The van der Waals surface area contributed by atoms with Crippen molar-refractivity contribution in [3.63, 3.8) is 0 Å². The van der Waals surface area contributed by atoms with E-state index in [0.29, 0.717) is 34.3 Å². The van der Waals surface area contributed by atoms with Gasteiger partial charge in [-0.05, 0) is 55.9 Å². The molecule has 1 fully saturated rings. The van der Waals surface area contributed by atoms with E-state index in [1.54, 1.807) is 0 Å². The Bertz CT molecular complexity index is 1480. The summed E-state index contributed by atoms with van der Waals surface area (Å²) in [4.78, 5) is 13.8. The molecule has 1 aliphatic carbocycles. The highest BCUT2D eigenvalue weighted by Gasteiger charge is 2.31. The smallest absolute Gasteiger partial charge is 0.365 e. The van der Waals surface area contributed by atoms with Gasteiger partial charge in [-0.1, -0.05) is 55.7 Å². The zero-order valence-electron chi connectivity index (χ0n) is 21.4. The number of halogens is 3. The van der Waals surface area contributed by atoms with Crippen LogP contribution in [0.4, 0.5) is 19.0 Å². The zero-order valence-corrected chi connectivity index (χ0v) is 21.4. The predicted molar refractivity (Wildman–Crippen MR) is 140 cm³/mol. The molecule has 6 nitrogen and oxygen atoms in total. The van der Waals surface area contributed by atoms with Crippen LogP contribution >= 0.6 is 0 Å². The highest BCUT2D eigenvalue weighted by Crippen LogP contribution is 2.36. The van der Waals surface area contributed by atoms with E-state index in [4.69, 9.17) is 4.98 Å². The molecule has 2 aromatic carbocycles. The topological polar surface area (TPSA) is 79.4 Å². The average molecular weight is 519 g/mol. The number of nitrogens with zero attached hydrogens (tertiary/aromatic N) is 5. The second kappa shape index (κ2) is 10.4. The Morgan fingerprint density at radius 2 is 1.87 bits per heavy atom. The molecule has 0 spiro atoms. The first-order valence-electron chi connectivity index (χ1n) is 12.9. The Labute approximate surface area is 219 Å². The maximum Gasteiger partial charge on any atom is 0.416 e. The molecule has 2 aromatic heterocycles. The van der Waals surface area contributed by atoms with Crippen molar-refractivity contribution in [3.8, 4) is 17.5 Å². The Morgan fingerprint density at radius 1 is 1.11 bits per heavy atom. The summed E-state index contributed by atoms with van der Waals surface area (Å²) in [6.45, 7) is 4.40. The minimum atomic E-state index is -4.40. The first-order chi connectivity index (χ1) is 18.3. The van der Waals surface area contributed by atoms with E-state index < -0.39 is 11.7 Å². The van der Waals surface area contributed by atoms with Crippen molar-refractivity contribution in [1.29, 1.82) is 5.26 Å². The summed E-state index contributed by atoms with van der Waals surface area (Å²) in [5.41, 5.74) is 2.91. The van der Waals surface area contributed by atoms with Gasteiger partial charge in [0.15, 0.2) is 11.5 Å². The van der Waals surface area contributed by atoms with Crippen molar-refractivity contribution in [2.45, 2.75) is 64.7 Å². The first kappa shape index (κ1) is 25.7. The van der Waals surface area contributed by atoms with E-state index in [-0.39, 0.29) is 18.4 Å². The van der Waals surface area contributed by atoms with Crippen molar-refractivity contribution in [2.24, 2.45) is 5.92 Å². The van der Waals surface area contributed by atoms with Crippen LogP contribution in [0, 0.1) is 24.2 Å². The summed E-state index contributed by atoms with van der Waals surface area (Å²) >= 11 is 0. The molecule has 0 radical (unpaired) electrons. The van der Waals surface area contributed by atoms with Crippen LogP contribution < -0.4 is 5.32 Å². The molecule has 5 rings (SSSR count). The maximum atomic E-state index is 13.2. The number of aromatic nitrogens is 4. The van der Waals surface area contributed by atoms with Crippen LogP contribution in [-0.4, -0.2) is 25.6 Å². The molecule has 0 bridgehead atoms. The number of hydrogen-bond donors (Lipinski definition) is 1. The molecule has 1 unspecified atom stereocenters. The number of nitrogens with one attached hydrogen (secondary N) is 1. The normalized spacial score (nSPS) is 14.7. The van der Waals surface area contributed by atoms with Crippen LogP contribution in [0.15, 0.2) is 48.5 Å². The van der Waals surface area contributed by atoms with Gasteiger partial charge in [-0.3, -0.25) is 0 Å². The van der Waals surface area contributed by atoms with Crippen LogP contribution in [0.25, 0.3) is 22.6 Å². The van der Waals surface area contributed by atoms with Crippen molar-refractivity contribution >= 4 is 17.0 Å². The second-order valence-electron chi connectivity index (χ2n) is 10.00. The summed E-state index contributed by atoms with van der Waals surface area (Å²) in [6, 6.07) is 15.3. The van der Waals surface area contributed by atoms with Gasteiger partial charge in [0.2, 0.25) is 5.82 Å². The summed E-state index contributed by atoms with van der Waals surface area (Å²) in [7, 11) is 0. The van der Waals surface area contributed by atoms with Gasteiger partial charge in [-0.25, -0.2) is 4.98 Å². The van der Waals surface area contributed by atoms with Gasteiger partial charge in [0, 0.05) is 18.2 Å². The second-order valence-corrected chi connectivity index (χ2v) is 10.00. The molecular formula is C29H29F3N6. The number of hydrogen-bond acceptors (Lipinski definition) is 5. The average Bonchev–Trinajstić information content (AvgIpc) is 3.21. The zero-order chi connectivity index (χ0) is 26.9. The molecule has 196 valence electrons.